The van der Waals surface area contributed by atoms with Crippen LogP contribution in [0.3, 0.4) is 0 Å². The van der Waals surface area contributed by atoms with Crippen LogP contribution < -0.4 is 5.32 Å². The Morgan fingerprint density at radius 3 is 2.81 bits per heavy atom. The van der Waals surface area contributed by atoms with E-state index in [9.17, 15) is 0 Å². The lowest BCUT2D eigenvalue weighted by Crippen LogP contribution is -2.19. The monoisotopic (exact) mass is 281 g/mol. The molecule has 2 aliphatic rings. The zero-order chi connectivity index (χ0) is 14.1. The van der Waals surface area contributed by atoms with Gasteiger partial charge in [0.15, 0.2) is 0 Å². The van der Waals surface area contributed by atoms with Gasteiger partial charge in [0, 0.05) is 24.3 Å². The average molecular weight is 281 g/mol. The van der Waals surface area contributed by atoms with Crippen LogP contribution in [0.1, 0.15) is 49.4 Å². The van der Waals surface area contributed by atoms with Crippen LogP contribution in [0.25, 0.3) is 0 Å². The normalized spacial score (nSPS) is 22.0. The highest BCUT2D eigenvalue weighted by molar-refractivity contribution is 5.56. The van der Waals surface area contributed by atoms with E-state index >= 15 is 0 Å². The van der Waals surface area contributed by atoms with Crippen molar-refractivity contribution in [3.8, 4) is 0 Å². The van der Waals surface area contributed by atoms with Crippen molar-refractivity contribution < 1.29 is 0 Å². The minimum atomic E-state index is 0.497. The molecule has 1 unspecified atom stereocenters. The molecule has 1 aliphatic carbocycles. The van der Waals surface area contributed by atoms with Gasteiger partial charge in [0.25, 0.3) is 0 Å². The Morgan fingerprint density at radius 1 is 1.10 bits per heavy atom. The van der Waals surface area contributed by atoms with Gasteiger partial charge in [0.05, 0.1) is 11.7 Å². The molecule has 0 radical (unpaired) electrons. The van der Waals surface area contributed by atoms with Gasteiger partial charge in [-0.2, -0.15) is 5.10 Å². The first-order chi connectivity index (χ1) is 10.4. The summed E-state index contributed by atoms with van der Waals surface area (Å²) in [5.41, 5.74) is 3.97. The molecule has 1 aliphatic heterocycles. The quantitative estimate of drug-likeness (QED) is 0.922. The Morgan fingerprint density at radius 2 is 1.95 bits per heavy atom. The standard InChI is InChI=1S/C18H23N3/c1-2-7-17(8-3-1)21-11-10-15(20-21)13-16-12-14-6-4-5-9-18(14)19-16/h4-6,9-11,16-17,19H,1-3,7-8,12-13H2. The van der Waals surface area contributed by atoms with Crippen molar-refractivity contribution in [3.05, 3.63) is 47.8 Å². The second-order valence-electron chi connectivity index (χ2n) is 6.49. The molecule has 1 N–H and O–H groups in total. The number of fused-ring (bicyclic) bond motifs is 1. The van der Waals surface area contributed by atoms with Gasteiger partial charge in [-0.3, -0.25) is 4.68 Å². The number of rotatable bonds is 3. The maximum atomic E-state index is 4.84. The molecular formula is C18H23N3. The van der Waals surface area contributed by atoms with Crippen LogP contribution in [-0.4, -0.2) is 15.8 Å². The van der Waals surface area contributed by atoms with Crippen molar-refractivity contribution in [2.75, 3.05) is 5.32 Å². The average Bonchev–Trinajstić information content (AvgIpc) is 3.14. The first-order valence-electron chi connectivity index (χ1n) is 8.27. The van der Waals surface area contributed by atoms with E-state index in [2.05, 4.69) is 46.5 Å². The summed E-state index contributed by atoms with van der Waals surface area (Å²) >= 11 is 0. The van der Waals surface area contributed by atoms with E-state index in [0.717, 1.165) is 12.8 Å². The highest BCUT2D eigenvalue weighted by atomic mass is 15.3. The third-order valence-corrected chi connectivity index (χ3v) is 4.91. The topological polar surface area (TPSA) is 29.9 Å². The smallest absolute Gasteiger partial charge is 0.0645 e. The minimum Gasteiger partial charge on any atom is -0.381 e. The molecule has 1 aromatic heterocycles. The first kappa shape index (κ1) is 12.9. The summed E-state index contributed by atoms with van der Waals surface area (Å²) in [5.74, 6) is 0. The Balaban J connectivity index is 1.41. The van der Waals surface area contributed by atoms with Crippen LogP contribution in [-0.2, 0) is 12.8 Å². The predicted molar refractivity (Wildman–Crippen MR) is 85.6 cm³/mol. The van der Waals surface area contributed by atoms with E-state index in [1.165, 1.54) is 49.0 Å². The van der Waals surface area contributed by atoms with Crippen LogP contribution in [0, 0.1) is 0 Å². The van der Waals surface area contributed by atoms with Gasteiger partial charge in [-0.25, -0.2) is 0 Å². The number of anilines is 1. The van der Waals surface area contributed by atoms with E-state index in [1.54, 1.807) is 0 Å². The largest absolute Gasteiger partial charge is 0.381 e. The Labute approximate surface area is 126 Å². The second kappa shape index (κ2) is 5.55. The van der Waals surface area contributed by atoms with E-state index in [1.807, 2.05) is 0 Å². The maximum Gasteiger partial charge on any atom is 0.0645 e. The van der Waals surface area contributed by atoms with Crippen LogP contribution >= 0.6 is 0 Å². The van der Waals surface area contributed by atoms with Crippen LogP contribution in [0.5, 0.6) is 0 Å². The molecule has 0 spiro atoms. The van der Waals surface area contributed by atoms with Gasteiger partial charge in [-0.1, -0.05) is 37.5 Å². The van der Waals surface area contributed by atoms with Crippen LogP contribution in [0.2, 0.25) is 0 Å². The Bertz CT molecular complexity index is 585. The zero-order valence-electron chi connectivity index (χ0n) is 12.5. The summed E-state index contributed by atoms with van der Waals surface area (Å²) in [6.07, 6.45) is 11.0. The highest BCUT2D eigenvalue weighted by Gasteiger charge is 2.22. The molecule has 3 heteroatoms. The number of benzene rings is 1. The summed E-state index contributed by atoms with van der Waals surface area (Å²) in [4.78, 5) is 0. The number of nitrogens with zero attached hydrogens (tertiary/aromatic N) is 2. The zero-order valence-corrected chi connectivity index (χ0v) is 12.5. The Kier molecular flexibility index (Phi) is 3.42. The molecule has 110 valence electrons. The fourth-order valence-electron chi connectivity index (χ4n) is 3.79. The van der Waals surface area contributed by atoms with Crippen LogP contribution in [0.4, 0.5) is 5.69 Å². The molecule has 0 bridgehead atoms. The third kappa shape index (κ3) is 2.69. The summed E-state index contributed by atoms with van der Waals surface area (Å²) in [6, 6.07) is 12.0. The molecular weight excluding hydrogens is 258 g/mol. The van der Waals surface area contributed by atoms with E-state index in [4.69, 9.17) is 5.10 Å². The molecule has 1 saturated carbocycles. The molecule has 0 saturated heterocycles. The van der Waals surface area contributed by atoms with E-state index in [-0.39, 0.29) is 0 Å². The highest BCUT2D eigenvalue weighted by Crippen LogP contribution is 2.29. The van der Waals surface area contributed by atoms with Crippen LogP contribution in [0.15, 0.2) is 36.5 Å². The molecule has 2 heterocycles. The van der Waals surface area contributed by atoms with Gasteiger partial charge in [0.1, 0.15) is 0 Å². The van der Waals surface area contributed by atoms with Gasteiger partial charge >= 0.3 is 0 Å². The van der Waals surface area contributed by atoms with Gasteiger partial charge in [-0.15, -0.1) is 0 Å². The summed E-state index contributed by atoms with van der Waals surface area (Å²) in [7, 11) is 0. The molecule has 2 aromatic rings. The maximum absolute atomic E-state index is 4.84. The van der Waals surface area contributed by atoms with Crippen molar-refractivity contribution in [1.82, 2.24) is 9.78 Å². The van der Waals surface area contributed by atoms with Crippen molar-refractivity contribution in [1.29, 1.82) is 0 Å². The van der Waals surface area contributed by atoms with Crippen molar-refractivity contribution in [2.45, 2.75) is 57.0 Å². The summed E-state index contributed by atoms with van der Waals surface area (Å²) in [5, 5.41) is 8.46. The van der Waals surface area contributed by atoms with Crippen molar-refractivity contribution in [2.24, 2.45) is 0 Å². The van der Waals surface area contributed by atoms with Gasteiger partial charge in [0.2, 0.25) is 0 Å². The molecule has 1 fully saturated rings. The number of nitrogens with one attached hydrogen (secondary N) is 1. The van der Waals surface area contributed by atoms with Crippen molar-refractivity contribution >= 4 is 5.69 Å². The van der Waals surface area contributed by atoms with Gasteiger partial charge < -0.3 is 5.32 Å². The molecule has 0 amide bonds. The van der Waals surface area contributed by atoms with E-state index in [0.29, 0.717) is 12.1 Å². The predicted octanol–water partition coefficient (Wildman–Crippen LogP) is 3.97. The number of para-hydroxylation sites is 1. The SMILES string of the molecule is c1ccc2c(c1)CC(Cc1ccn(C3CCCCC3)n1)N2. The first-order valence-corrected chi connectivity index (χ1v) is 8.27. The third-order valence-electron chi connectivity index (χ3n) is 4.91. The lowest BCUT2D eigenvalue weighted by Gasteiger charge is -2.21. The number of hydrogen-bond donors (Lipinski definition) is 1. The lowest BCUT2D eigenvalue weighted by molar-refractivity contribution is 0.328. The molecule has 4 rings (SSSR count). The lowest BCUT2D eigenvalue weighted by atomic mass is 9.96. The minimum absolute atomic E-state index is 0.497. The van der Waals surface area contributed by atoms with Crippen molar-refractivity contribution in [3.63, 3.8) is 0 Å². The molecule has 21 heavy (non-hydrogen) atoms. The molecule has 3 nitrogen and oxygen atoms in total. The molecule has 1 atom stereocenters. The summed E-state index contributed by atoms with van der Waals surface area (Å²) in [6.45, 7) is 0. The number of hydrogen-bond acceptors (Lipinski definition) is 2. The number of aromatic nitrogens is 2. The fraction of sp³-hybridized carbons (Fsp3) is 0.500. The van der Waals surface area contributed by atoms with E-state index < -0.39 is 0 Å². The summed E-state index contributed by atoms with van der Waals surface area (Å²) < 4.78 is 2.22. The second-order valence-corrected chi connectivity index (χ2v) is 6.49. The molecule has 1 aromatic carbocycles. The fourth-order valence-corrected chi connectivity index (χ4v) is 3.79. The van der Waals surface area contributed by atoms with Gasteiger partial charge in [-0.05, 0) is 37.0 Å². The Hall–Kier alpha value is -1.77.